The van der Waals surface area contributed by atoms with Crippen LogP contribution < -0.4 is 11.1 Å². The van der Waals surface area contributed by atoms with E-state index in [9.17, 15) is 31.2 Å². The van der Waals surface area contributed by atoms with E-state index in [1.54, 1.807) is 5.32 Å². The number of fused-ring (bicyclic) bond motifs is 1. The Kier molecular flexibility index (Phi) is 4.80. The average Bonchev–Trinajstić information content (AvgIpc) is 3.18. The first-order chi connectivity index (χ1) is 12.5. The molecule has 1 fully saturated rings. The largest absolute Gasteiger partial charge is 0.419 e. The third kappa shape index (κ3) is 3.72. The van der Waals surface area contributed by atoms with Crippen molar-refractivity contribution in [2.45, 2.75) is 30.0 Å². The zero-order valence-electron chi connectivity index (χ0n) is 14.1. The number of nitrogens with one attached hydrogen (secondary N) is 1. The summed E-state index contributed by atoms with van der Waals surface area (Å²) in [7, 11) is -2.70. The van der Waals surface area contributed by atoms with Crippen molar-refractivity contribution in [2.24, 2.45) is 7.05 Å². The molecule has 1 N–H and O–H groups in total. The Bertz CT molecular complexity index is 1040. The van der Waals surface area contributed by atoms with Crippen LogP contribution in [0.2, 0.25) is 0 Å². The van der Waals surface area contributed by atoms with Crippen molar-refractivity contribution in [3.63, 3.8) is 0 Å². The van der Waals surface area contributed by atoms with E-state index in [0.29, 0.717) is 11.9 Å². The maximum atomic E-state index is 12.9. The molecule has 8 nitrogen and oxygen atoms in total. The Morgan fingerprint density at radius 1 is 1.37 bits per heavy atom. The minimum absolute atomic E-state index is 0.00319. The Morgan fingerprint density at radius 2 is 2.07 bits per heavy atom. The molecule has 0 spiro atoms. The monoisotopic (exact) mass is 407 g/mol. The summed E-state index contributed by atoms with van der Waals surface area (Å²) in [6, 6.07) is 2.59. The SMILES string of the molecule is Cn1c(=O)oc2cc(S(=O)(=O)N3CCC[C@H]3C(=O)NCC(F)(F)F)ccc21. The molecule has 3 rings (SSSR count). The second kappa shape index (κ2) is 6.68. The van der Waals surface area contributed by atoms with Crippen LogP contribution in [-0.4, -0.2) is 48.5 Å². The number of rotatable bonds is 4. The van der Waals surface area contributed by atoms with Crippen LogP contribution in [0.5, 0.6) is 0 Å². The van der Waals surface area contributed by atoms with Crippen molar-refractivity contribution in [3.8, 4) is 0 Å². The predicted octanol–water partition coefficient (Wildman–Crippen LogP) is 0.963. The van der Waals surface area contributed by atoms with Crippen LogP contribution in [0.3, 0.4) is 0 Å². The van der Waals surface area contributed by atoms with Gasteiger partial charge in [-0.05, 0) is 25.0 Å². The van der Waals surface area contributed by atoms with E-state index in [-0.39, 0.29) is 23.4 Å². The van der Waals surface area contributed by atoms with Gasteiger partial charge in [0.1, 0.15) is 12.6 Å². The smallest absolute Gasteiger partial charge is 0.408 e. The molecule has 148 valence electrons. The minimum Gasteiger partial charge on any atom is -0.408 e. The lowest BCUT2D eigenvalue weighted by Crippen LogP contribution is -2.47. The molecule has 1 amide bonds. The summed E-state index contributed by atoms with van der Waals surface area (Å²) in [4.78, 5) is 23.4. The highest BCUT2D eigenvalue weighted by Gasteiger charge is 2.40. The molecule has 1 atom stereocenters. The second-order valence-electron chi connectivity index (χ2n) is 6.16. The maximum Gasteiger partial charge on any atom is 0.419 e. The van der Waals surface area contributed by atoms with Gasteiger partial charge in [0.2, 0.25) is 15.9 Å². The van der Waals surface area contributed by atoms with Crippen LogP contribution in [0.4, 0.5) is 13.2 Å². The van der Waals surface area contributed by atoms with E-state index in [2.05, 4.69) is 0 Å². The highest BCUT2D eigenvalue weighted by molar-refractivity contribution is 7.89. The number of carbonyl (C=O) groups is 1. The number of nitrogens with zero attached hydrogens (tertiary/aromatic N) is 2. The molecule has 1 aromatic carbocycles. The lowest BCUT2D eigenvalue weighted by atomic mass is 10.2. The normalized spacial score (nSPS) is 18.9. The lowest BCUT2D eigenvalue weighted by Gasteiger charge is -2.23. The Morgan fingerprint density at radius 3 is 2.74 bits per heavy atom. The first-order valence-electron chi connectivity index (χ1n) is 7.96. The summed E-state index contributed by atoms with van der Waals surface area (Å²) >= 11 is 0. The van der Waals surface area contributed by atoms with Crippen molar-refractivity contribution in [3.05, 3.63) is 28.7 Å². The summed E-state index contributed by atoms with van der Waals surface area (Å²) in [6.07, 6.45) is -4.13. The topological polar surface area (TPSA) is 102 Å². The van der Waals surface area contributed by atoms with Crippen molar-refractivity contribution < 1.29 is 30.8 Å². The van der Waals surface area contributed by atoms with Gasteiger partial charge in [-0.3, -0.25) is 9.36 Å². The Balaban J connectivity index is 1.89. The fourth-order valence-corrected chi connectivity index (χ4v) is 4.68. The molecule has 0 aliphatic carbocycles. The number of sulfonamides is 1. The van der Waals surface area contributed by atoms with Crippen molar-refractivity contribution in [1.82, 2.24) is 14.2 Å². The first kappa shape index (κ1) is 19.4. The number of aryl methyl sites for hydroxylation is 1. The molecule has 0 saturated carbocycles. The average molecular weight is 407 g/mol. The van der Waals surface area contributed by atoms with Gasteiger partial charge in [-0.25, -0.2) is 13.2 Å². The van der Waals surface area contributed by atoms with E-state index in [1.165, 1.54) is 23.7 Å². The lowest BCUT2D eigenvalue weighted by molar-refractivity contribution is -0.140. The van der Waals surface area contributed by atoms with E-state index >= 15 is 0 Å². The highest BCUT2D eigenvalue weighted by atomic mass is 32.2. The first-order valence-corrected chi connectivity index (χ1v) is 9.40. The van der Waals surface area contributed by atoms with Gasteiger partial charge in [0.05, 0.1) is 10.4 Å². The zero-order chi connectivity index (χ0) is 20.0. The standard InChI is InChI=1S/C15H16F3N3O5S/c1-20-10-5-4-9(7-12(10)26-14(20)23)27(24,25)21-6-2-3-11(21)13(22)19-8-15(16,17)18/h4-5,7,11H,2-3,6,8H2,1H3,(H,19,22)/t11-/m0/s1. The molecule has 1 aliphatic rings. The molecule has 2 aromatic rings. The van der Waals surface area contributed by atoms with Gasteiger partial charge >= 0.3 is 11.9 Å². The number of hydrogen-bond donors (Lipinski definition) is 1. The molecule has 1 saturated heterocycles. The summed E-state index contributed by atoms with van der Waals surface area (Å²) in [5.41, 5.74) is 0.445. The highest BCUT2D eigenvalue weighted by Crippen LogP contribution is 2.28. The molecule has 0 unspecified atom stereocenters. The second-order valence-corrected chi connectivity index (χ2v) is 8.05. The van der Waals surface area contributed by atoms with Gasteiger partial charge in [-0.15, -0.1) is 0 Å². The summed E-state index contributed by atoms with van der Waals surface area (Å²) in [6.45, 7) is -1.53. The van der Waals surface area contributed by atoms with Crippen molar-refractivity contribution in [2.75, 3.05) is 13.1 Å². The quantitative estimate of drug-likeness (QED) is 0.814. The number of amides is 1. The third-order valence-corrected chi connectivity index (χ3v) is 6.24. The van der Waals surface area contributed by atoms with Crippen molar-refractivity contribution in [1.29, 1.82) is 0 Å². The van der Waals surface area contributed by atoms with E-state index < -0.39 is 40.4 Å². The van der Waals surface area contributed by atoms with Crippen molar-refractivity contribution >= 4 is 27.0 Å². The molecule has 0 radical (unpaired) electrons. The third-order valence-electron chi connectivity index (χ3n) is 4.34. The predicted molar refractivity (Wildman–Crippen MR) is 87.4 cm³/mol. The summed E-state index contributed by atoms with van der Waals surface area (Å²) in [5, 5.41) is 1.73. The molecule has 0 bridgehead atoms. The van der Waals surface area contributed by atoms with Gasteiger partial charge in [-0.2, -0.15) is 17.5 Å². The number of benzene rings is 1. The Hall–Kier alpha value is -2.34. The van der Waals surface area contributed by atoms with E-state index in [0.717, 1.165) is 10.4 Å². The number of halogens is 3. The number of hydrogen-bond acceptors (Lipinski definition) is 5. The van der Waals surface area contributed by atoms with Gasteiger partial charge in [0.25, 0.3) is 0 Å². The zero-order valence-corrected chi connectivity index (χ0v) is 14.9. The van der Waals surface area contributed by atoms with Crippen LogP contribution >= 0.6 is 0 Å². The van der Waals surface area contributed by atoms with E-state index in [1.807, 2.05) is 0 Å². The molecular formula is C15H16F3N3O5S. The fourth-order valence-electron chi connectivity index (χ4n) is 3.01. The van der Waals surface area contributed by atoms with Crippen LogP contribution in [0, 0.1) is 0 Å². The number of carbonyl (C=O) groups excluding carboxylic acids is 1. The van der Waals surface area contributed by atoms with Gasteiger partial charge < -0.3 is 9.73 Å². The van der Waals surface area contributed by atoms with Gasteiger partial charge in [0, 0.05) is 19.7 Å². The van der Waals surface area contributed by atoms with Crippen LogP contribution in [-0.2, 0) is 21.9 Å². The Labute approximate surface area is 151 Å². The molecule has 1 aromatic heterocycles. The molecule has 12 heteroatoms. The molecule has 2 heterocycles. The summed E-state index contributed by atoms with van der Waals surface area (Å²) in [5.74, 6) is -1.66. The van der Waals surface area contributed by atoms with Crippen LogP contribution in [0.25, 0.3) is 11.1 Å². The number of alkyl halides is 3. The fraction of sp³-hybridized carbons (Fsp3) is 0.467. The molecule has 27 heavy (non-hydrogen) atoms. The van der Waals surface area contributed by atoms with Crippen LogP contribution in [0.1, 0.15) is 12.8 Å². The van der Waals surface area contributed by atoms with Crippen LogP contribution in [0.15, 0.2) is 32.3 Å². The van der Waals surface area contributed by atoms with Gasteiger partial charge in [-0.1, -0.05) is 0 Å². The molecular weight excluding hydrogens is 391 g/mol. The minimum atomic E-state index is -4.59. The van der Waals surface area contributed by atoms with E-state index in [4.69, 9.17) is 4.42 Å². The summed E-state index contributed by atoms with van der Waals surface area (Å²) < 4.78 is 69.7. The van der Waals surface area contributed by atoms with Gasteiger partial charge in [0.15, 0.2) is 5.58 Å². The number of oxazole rings is 1. The molecule has 1 aliphatic heterocycles. The number of aromatic nitrogens is 1. The maximum absolute atomic E-state index is 12.9.